The van der Waals surface area contributed by atoms with Crippen LogP contribution in [0.5, 0.6) is 0 Å². The number of hydrogen-bond acceptors (Lipinski definition) is 7. The molecule has 9 heteroatoms. The lowest BCUT2D eigenvalue weighted by Gasteiger charge is -2.27. The molecular weight excluding hydrogens is 454 g/mol. The Hall–Kier alpha value is -3.82. The molecule has 0 bridgehead atoms. The van der Waals surface area contributed by atoms with Gasteiger partial charge in [-0.1, -0.05) is 18.2 Å². The normalized spacial score (nSPS) is 15.1. The highest BCUT2D eigenvalue weighted by molar-refractivity contribution is 6.04. The van der Waals surface area contributed by atoms with Crippen molar-refractivity contribution in [2.45, 2.75) is 26.4 Å². The summed E-state index contributed by atoms with van der Waals surface area (Å²) in [5, 5.41) is 10.6. The number of fused-ring (bicyclic) bond motifs is 1. The van der Waals surface area contributed by atoms with E-state index in [1.54, 1.807) is 17.1 Å². The Morgan fingerprint density at radius 1 is 1.14 bits per heavy atom. The summed E-state index contributed by atoms with van der Waals surface area (Å²) >= 11 is 0. The predicted molar refractivity (Wildman–Crippen MR) is 140 cm³/mol. The molecule has 2 aromatic heterocycles. The summed E-state index contributed by atoms with van der Waals surface area (Å²) in [6, 6.07) is 13.7. The van der Waals surface area contributed by atoms with Crippen LogP contribution >= 0.6 is 0 Å². The minimum Gasteiger partial charge on any atom is -0.379 e. The van der Waals surface area contributed by atoms with Crippen molar-refractivity contribution in [2.75, 3.05) is 36.9 Å². The van der Waals surface area contributed by atoms with Gasteiger partial charge in [0.2, 0.25) is 0 Å². The first kappa shape index (κ1) is 23.9. The summed E-state index contributed by atoms with van der Waals surface area (Å²) in [4.78, 5) is 24.4. The van der Waals surface area contributed by atoms with E-state index >= 15 is 0 Å². The van der Waals surface area contributed by atoms with Crippen molar-refractivity contribution in [3.8, 4) is 0 Å². The first-order valence-electron chi connectivity index (χ1n) is 12.2. The highest BCUT2D eigenvalue weighted by Crippen LogP contribution is 2.23. The zero-order chi connectivity index (χ0) is 25.1. The van der Waals surface area contributed by atoms with E-state index in [1.807, 2.05) is 50.4 Å². The quantitative estimate of drug-likeness (QED) is 0.409. The maximum absolute atomic E-state index is 13.0. The summed E-state index contributed by atoms with van der Waals surface area (Å²) in [6.07, 6.45) is 3.40. The number of aryl methyl sites for hydroxylation is 2. The number of hydrogen-bond donors (Lipinski definition) is 2. The van der Waals surface area contributed by atoms with Crippen LogP contribution in [0.25, 0.3) is 11.2 Å². The summed E-state index contributed by atoms with van der Waals surface area (Å²) in [5.74, 6) is 0.544. The highest BCUT2D eigenvalue weighted by Gasteiger charge is 2.15. The smallest absolute Gasteiger partial charge is 0.255 e. The Morgan fingerprint density at radius 2 is 1.97 bits per heavy atom. The molecule has 186 valence electrons. The van der Waals surface area contributed by atoms with Crippen molar-refractivity contribution >= 4 is 28.6 Å². The van der Waals surface area contributed by atoms with E-state index in [2.05, 4.69) is 43.6 Å². The number of ether oxygens (including phenoxy) is 1. The van der Waals surface area contributed by atoms with Gasteiger partial charge in [-0.15, -0.1) is 0 Å². The van der Waals surface area contributed by atoms with Crippen LogP contribution in [0.4, 0.5) is 11.5 Å². The fourth-order valence-corrected chi connectivity index (χ4v) is 4.39. The molecule has 3 heterocycles. The van der Waals surface area contributed by atoms with Crippen LogP contribution < -0.4 is 10.6 Å². The molecule has 2 aromatic carbocycles. The number of rotatable bonds is 7. The topological polar surface area (TPSA) is 97.2 Å². The average Bonchev–Trinajstić information content (AvgIpc) is 3.26. The number of carbonyl (C=O) groups excluding carboxylic acids is 1. The van der Waals surface area contributed by atoms with E-state index in [-0.39, 0.29) is 11.9 Å². The van der Waals surface area contributed by atoms with Crippen molar-refractivity contribution in [1.29, 1.82) is 0 Å². The largest absolute Gasteiger partial charge is 0.379 e. The Morgan fingerprint density at radius 3 is 2.78 bits per heavy atom. The van der Waals surface area contributed by atoms with Crippen LogP contribution in [-0.2, 0) is 18.3 Å². The van der Waals surface area contributed by atoms with Gasteiger partial charge < -0.3 is 15.4 Å². The summed E-state index contributed by atoms with van der Waals surface area (Å²) in [5.41, 5.74) is 6.25. The molecular formula is C27H31N7O2. The molecule has 0 saturated carbocycles. The van der Waals surface area contributed by atoms with Gasteiger partial charge in [-0.2, -0.15) is 5.10 Å². The molecule has 1 amide bonds. The van der Waals surface area contributed by atoms with E-state index < -0.39 is 0 Å². The minimum absolute atomic E-state index is 0.0384. The van der Waals surface area contributed by atoms with E-state index in [4.69, 9.17) is 4.74 Å². The monoisotopic (exact) mass is 485 g/mol. The molecule has 0 spiro atoms. The number of nitrogens with one attached hydrogen (secondary N) is 2. The number of morpholine rings is 1. The van der Waals surface area contributed by atoms with Gasteiger partial charge in [-0.3, -0.25) is 9.69 Å². The number of carbonyl (C=O) groups is 1. The maximum Gasteiger partial charge on any atom is 0.255 e. The maximum atomic E-state index is 13.0. The molecule has 1 fully saturated rings. The zero-order valence-corrected chi connectivity index (χ0v) is 20.9. The second-order valence-corrected chi connectivity index (χ2v) is 9.21. The van der Waals surface area contributed by atoms with Crippen molar-refractivity contribution < 1.29 is 9.53 Å². The molecule has 2 N–H and O–H groups in total. The Labute approximate surface area is 210 Å². The third-order valence-electron chi connectivity index (χ3n) is 6.55. The lowest BCUT2D eigenvalue weighted by Crippen LogP contribution is -2.35. The van der Waals surface area contributed by atoms with Gasteiger partial charge >= 0.3 is 0 Å². The van der Waals surface area contributed by atoms with Gasteiger partial charge in [0.05, 0.1) is 31.6 Å². The van der Waals surface area contributed by atoms with Crippen molar-refractivity contribution in [3.05, 3.63) is 77.1 Å². The number of aromatic nitrogens is 4. The van der Waals surface area contributed by atoms with Crippen molar-refractivity contribution in [2.24, 2.45) is 7.05 Å². The first-order valence-corrected chi connectivity index (χ1v) is 12.2. The molecule has 1 atom stereocenters. The SMILES string of the molecule is Cc1cc(C(=O)Nc2cccc([C@H](C)Nc3cnc4cnn(C)c4n3)c2)ccc1CN1CCOCC1. The van der Waals surface area contributed by atoms with Crippen LogP contribution in [-0.4, -0.2) is 56.9 Å². The first-order chi connectivity index (χ1) is 17.5. The Kier molecular flexibility index (Phi) is 6.92. The van der Waals surface area contributed by atoms with E-state index in [0.29, 0.717) is 11.4 Å². The third kappa shape index (κ3) is 5.37. The average molecular weight is 486 g/mol. The predicted octanol–water partition coefficient (Wildman–Crippen LogP) is 3.93. The lowest BCUT2D eigenvalue weighted by molar-refractivity contribution is 0.0341. The molecule has 0 aliphatic carbocycles. The molecule has 0 radical (unpaired) electrons. The summed E-state index contributed by atoms with van der Waals surface area (Å²) in [6.45, 7) is 8.42. The Bertz CT molecular complexity index is 1380. The van der Waals surface area contributed by atoms with Gasteiger partial charge in [0.1, 0.15) is 11.3 Å². The van der Waals surface area contributed by atoms with Crippen LogP contribution in [0.2, 0.25) is 0 Å². The third-order valence-corrected chi connectivity index (χ3v) is 6.55. The fraction of sp³-hybridized carbons (Fsp3) is 0.333. The molecule has 9 nitrogen and oxygen atoms in total. The van der Waals surface area contributed by atoms with Crippen molar-refractivity contribution in [3.63, 3.8) is 0 Å². The molecule has 5 rings (SSSR count). The number of anilines is 2. The molecule has 1 aliphatic rings. The van der Waals surface area contributed by atoms with Crippen LogP contribution in [0, 0.1) is 6.92 Å². The zero-order valence-electron chi connectivity index (χ0n) is 20.9. The molecule has 0 unspecified atom stereocenters. The molecule has 1 aliphatic heterocycles. The second kappa shape index (κ2) is 10.4. The van der Waals surface area contributed by atoms with Gasteiger partial charge in [0, 0.05) is 37.9 Å². The number of nitrogens with zero attached hydrogens (tertiary/aromatic N) is 5. The minimum atomic E-state index is -0.124. The summed E-state index contributed by atoms with van der Waals surface area (Å²) < 4.78 is 7.14. The lowest BCUT2D eigenvalue weighted by atomic mass is 10.0. The van der Waals surface area contributed by atoms with Gasteiger partial charge in [-0.25, -0.2) is 14.6 Å². The second-order valence-electron chi connectivity index (χ2n) is 9.21. The molecule has 1 saturated heterocycles. The van der Waals surface area contributed by atoms with Crippen molar-refractivity contribution in [1.82, 2.24) is 24.6 Å². The standard InChI is InChI=1S/C27H31N7O2/c1-18-13-21(7-8-22(18)17-34-9-11-36-12-10-34)27(35)31-23-6-4-5-20(14-23)19(2)30-25-16-28-24-15-29-33(3)26(24)32-25/h4-8,13-16,19H,9-12,17H2,1-3H3,(H,30,32)(H,31,35)/t19-/m0/s1. The fourth-order valence-electron chi connectivity index (χ4n) is 4.39. The van der Waals surface area contributed by atoms with Crippen LogP contribution in [0.15, 0.2) is 54.9 Å². The number of amides is 1. The van der Waals surface area contributed by atoms with E-state index in [9.17, 15) is 4.79 Å². The Balaban J connectivity index is 1.24. The molecule has 4 aromatic rings. The van der Waals surface area contributed by atoms with Crippen LogP contribution in [0.3, 0.4) is 0 Å². The van der Waals surface area contributed by atoms with E-state index in [0.717, 1.165) is 60.8 Å². The van der Waals surface area contributed by atoms with E-state index in [1.165, 1.54) is 5.56 Å². The summed E-state index contributed by atoms with van der Waals surface area (Å²) in [7, 11) is 1.84. The van der Waals surface area contributed by atoms with Crippen LogP contribution in [0.1, 0.15) is 40.0 Å². The number of benzene rings is 2. The highest BCUT2D eigenvalue weighted by atomic mass is 16.5. The molecule has 36 heavy (non-hydrogen) atoms. The van der Waals surface area contributed by atoms with Gasteiger partial charge in [-0.05, 0) is 54.8 Å². The van der Waals surface area contributed by atoms with Gasteiger partial charge in [0.25, 0.3) is 5.91 Å². The van der Waals surface area contributed by atoms with Gasteiger partial charge in [0.15, 0.2) is 5.65 Å².